The van der Waals surface area contributed by atoms with Crippen LogP contribution in [0, 0.1) is 0 Å². The molecule has 1 heterocycles. The molecule has 11 nitrogen and oxygen atoms in total. The standard InChI is InChI=1S/C28H35N5O6S/c1-16(28(38)39)31-26(36)23(11-12-40-2)32-27(37)24(13-17-7-9-19(34)10-8-17)33-25(35)21(29)14-18-15-30-22-6-4-3-5-20(18)22/h3-10,15-16,21,23-24,30,34H,11-14,29H2,1-2H3,(H,31,36)(H,32,37)(H,33,35)(H,38,39). The maximum Gasteiger partial charge on any atom is 0.325 e. The molecule has 0 spiro atoms. The number of H-pyrrole nitrogens is 1. The van der Waals surface area contributed by atoms with E-state index >= 15 is 0 Å². The first-order valence-corrected chi connectivity index (χ1v) is 14.2. The fourth-order valence-corrected chi connectivity index (χ4v) is 4.61. The number of carboxylic acids is 1. The van der Waals surface area contributed by atoms with E-state index in [1.54, 1.807) is 18.3 Å². The van der Waals surface area contributed by atoms with Crippen molar-refractivity contribution >= 4 is 46.4 Å². The molecule has 0 aliphatic rings. The molecule has 3 aromatic rings. The fourth-order valence-electron chi connectivity index (χ4n) is 4.14. The molecule has 0 fully saturated rings. The summed E-state index contributed by atoms with van der Waals surface area (Å²) in [7, 11) is 0. The third-order valence-electron chi connectivity index (χ3n) is 6.43. The molecule has 214 valence electrons. The number of thioether (sulfide) groups is 1. The monoisotopic (exact) mass is 569 g/mol. The van der Waals surface area contributed by atoms with E-state index in [4.69, 9.17) is 10.8 Å². The zero-order chi connectivity index (χ0) is 29.2. The summed E-state index contributed by atoms with van der Waals surface area (Å²) >= 11 is 1.47. The summed E-state index contributed by atoms with van der Waals surface area (Å²) in [6.45, 7) is 1.33. The minimum Gasteiger partial charge on any atom is -0.508 e. The Balaban J connectivity index is 1.77. The molecule has 8 N–H and O–H groups in total. The van der Waals surface area contributed by atoms with E-state index in [1.165, 1.54) is 30.8 Å². The number of para-hydroxylation sites is 1. The van der Waals surface area contributed by atoms with Gasteiger partial charge in [-0.2, -0.15) is 11.8 Å². The van der Waals surface area contributed by atoms with Crippen LogP contribution >= 0.6 is 11.8 Å². The van der Waals surface area contributed by atoms with E-state index in [0.29, 0.717) is 11.3 Å². The lowest BCUT2D eigenvalue weighted by atomic mass is 10.0. The van der Waals surface area contributed by atoms with Crippen molar-refractivity contribution < 1.29 is 29.4 Å². The van der Waals surface area contributed by atoms with Gasteiger partial charge in [0.25, 0.3) is 0 Å². The number of hydrogen-bond donors (Lipinski definition) is 7. The highest BCUT2D eigenvalue weighted by molar-refractivity contribution is 7.98. The smallest absolute Gasteiger partial charge is 0.325 e. The van der Waals surface area contributed by atoms with Gasteiger partial charge >= 0.3 is 5.97 Å². The van der Waals surface area contributed by atoms with Crippen molar-refractivity contribution in [2.75, 3.05) is 12.0 Å². The van der Waals surface area contributed by atoms with E-state index < -0.39 is 47.9 Å². The number of carbonyl (C=O) groups excluding carboxylic acids is 3. The van der Waals surface area contributed by atoms with Crippen LogP contribution in [0.4, 0.5) is 0 Å². The van der Waals surface area contributed by atoms with Crippen LogP contribution in [0.3, 0.4) is 0 Å². The Bertz CT molecular complexity index is 1330. The van der Waals surface area contributed by atoms with Gasteiger partial charge in [-0.3, -0.25) is 19.2 Å². The van der Waals surface area contributed by atoms with Crippen LogP contribution in [-0.2, 0) is 32.0 Å². The highest BCUT2D eigenvalue weighted by atomic mass is 32.2. The molecule has 0 radical (unpaired) electrons. The second-order valence-corrected chi connectivity index (χ2v) is 10.5. The van der Waals surface area contributed by atoms with Gasteiger partial charge in [-0.15, -0.1) is 0 Å². The molecule has 40 heavy (non-hydrogen) atoms. The van der Waals surface area contributed by atoms with Gasteiger partial charge in [0, 0.05) is 23.5 Å². The number of aromatic nitrogens is 1. The Hall–Kier alpha value is -4.03. The van der Waals surface area contributed by atoms with E-state index in [2.05, 4.69) is 20.9 Å². The molecule has 4 unspecified atom stereocenters. The summed E-state index contributed by atoms with van der Waals surface area (Å²) in [5.74, 6) is -2.42. The molecule has 4 atom stereocenters. The number of rotatable bonds is 14. The minimum absolute atomic E-state index is 0.0517. The lowest BCUT2D eigenvalue weighted by Gasteiger charge is -2.25. The average molecular weight is 570 g/mol. The fraction of sp³-hybridized carbons (Fsp3) is 0.357. The highest BCUT2D eigenvalue weighted by Crippen LogP contribution is 2.19. The van der Waals surface area contributed by atoms with Crippen LogP contribution in [0.1, 0.15) is 24.5 Å². The van der Waals surface area contributed by atoms with Gasteiger partial charge in [0.05, 0.1) is 6.04 Å². The van der Waals surface area contributed by atoms with Crippen LogP contribution < -0.4 is 21.7 Å². The quantitative estimate of drug-likeness (QED) is 0.151. The molecule has 0 aliphatic carbocycles. The summed E-state index contributed by atoms with van der Waals surface area (Å²) in [4.78, 5) is 53.8. The SMILES string of the molecule is CSCCC(NC(=O)C(Cc1ccc(O)cc1)NC(=O)C(N)Cc1c[nH]c2ccccc12)C(=O)NC(C)C(=O)O. The third-order valence-corrected chi connectivity index (χ3v) is 7.08. The summed E-state index contributed by atoms with van der Waals surface area (Å²) < 4.78 is 0. The topological polar surface area (TPSA) is 187 Å². The van der Waals surface area contributed by atoms with Crippen molar-refractivity contribution in [3.05, 3.63) is 65.9 Å². The second-order valence-electron chi connectivity index (χ2n) is 9.51. The number of aliphatic carboxylic acids is 1. The van der Waals surface area contributed by atoms with Crippen molar-refractivity contribution in [2.45, 2.75) is 50.4 Å². The number of phenols is 1. The molecule has 2 aromatic carbocycles. The van der Waals surface area contributed by atoms with Crippen LogP contribution in [0.5, 0.6) is 5.75 Å². The highest BCUT2D eigenvalue weighted by Gasteiger charge is 2.29. The zero-order valence-corrected chi connectivity index (χ0v) is 23.2. The minimum atomic E-state index is -1.20. The first-order valence-electron chi connectivity index (χ1n) is 12.8. The normalized spacial score (nSPS) is 14.1. The number of carboxylic acid groups (broad SMARTS) is 1. The van der Waals surface area contributed by atoms with Gasteiger partial charge in [0.1, 0.15) is 23.9 Å². The lowest BCUT2D eigenvalue weighted by molar-refractivity contribution is -0.141. The number of nitrogens with two attached hydrogens (primary N) is 1. The van der Waals surface area contributed by atoms with Crippen molar-refractivity contribution in [3.8, 4) is 5.75 Å². The maximum absolute atomic E-state index is 13.4. The number of hydrogen-bond acceptors (Lipinski definition) is 7. The molecule has 0 bridgehead atoms. The molecular weight excluding hydrogens is 534 g/mol. The van der Waals surface area contributed by atoms with Gasteiger partial charge in [0.2, 0.25) is 17.7 Å². The number of fused-ring (bicyclic) bond motifs is 1. The van der Waals surface area contributed by atoms with E-state index in [9.17, 15) is 24.3 Å². The predicted octanol–water partition coefficient (Wildman–Crippen LogP) is 1.30. The number of aromatic hydroxyl groups is 1. The Kier molecular flexibility index (Phi) is 11.0. The Labute approximate surface area is 236 Å². The van der Waals surface area contributed by atoms with Gasteiger partial charge < -0.3 is 36.9 Å². The first kappa shape index (κ1) is 30.5. The van der Waals surface area contributed by atoms with Crippen LogP contribution in [0.25, 0.3) is 10.9 Å². The number of aromatic amines is 1. The van der Waals surface area contributed by atoms with Gasteiger partial charge in [-0.05, 0) is 61.1 Å². The predicted molar refractivity (Wildman–Crippen MR) is 154 cm³/mol. The van der Waals surface area contributed by atoms with Gasteiger partial charge in [-0.25, -0.2) is 0 Å². The van der Waals surface area contributed by atoms with Crippen LogP contribution in [0.15, 0.2) is 54.7 Å². The number of amides is 3. The first-order chi connectivity index (χ1) is 19.1. The van der Waals surface area contributed by atoms with Crippen molar-refractivity contribution in [3.63, 3.8) is 0 Å². The number of carbonyl (C=O) groups is 4. The number of benzene rings is 2. The third kappa shape index (κ3) is 8.48. The maximum atomic E-state index is 13.4. The average Bonchev–Trinajstić information content (AvgIpc) is 3.34. The Morgan fingerprint density at radius 1 is 0.925 bits per heavy atom. The Morgan fingerprint density at radius 3 is 2.25 bits per heavy atom. The number of phenolic OH excluding ortho intramolecular Hbond substituents is 1. The summed E-state index contributed by atoms with van der Waals surface area (Å²) in [6, 6.07) is 9.63. The van der Waals surface area contributed by atoms with Crippen molar-refractivity contribution in [2.24, 2.45) is 5.73 Å². The van der Waals surface area contributed by atoms with E-state index in [-0.39, 0.29) is 25.0 Å². The molecule has 1 aromatic heterocycles. The summed E-state index contributed by atoms with van der Waals surface area (Å²) in [6.07, 6.45) is 4.20. The van der Waals surface area contributed by atoms with Crippen molar-refractivity contribution in [1.29, 1.82) is 0 Å². The zero-order valence-electron chi connectivity index (χ0n) is 22.3. The molecule has 3 rings (SSSR count). The molecule has 3 amide bonds. The summed E-state index contributed by atoms with van der Waals surface area (Å²) in [5.41, 5.74) is 8.68. The van der Waals surface area contributed by atoms with E-state index in [0.717, 1.165) is 16.5 Å². The van der Waals surface area contributed by atoms with E-state index in [1.807, 2.05) is 30.5 Å². The lowest BCUT2D eigenvalue weighted by Crippen LogP contribution is -2.57. The van der Waals surface area contributed by atoms with Crippen LogP contribution in [-0.4, -0.2) is 75.1 Å². The molecule has 0 saturated heterocycles. The Morgan fingerprint density at radius 2 is 1.57 bits per heavy atom. The van der Waals surface area contributed by atoms with Crippen molar-refractivity contribution in [1.82, 2.24) is 20.9 Å². The second kappa shape index (κ2) is 14.4. The number of nitrogens with one attached hydrogen (secondary N) is 4. The largest absolute Gasteiger partial charge is 0.508 e. The van der Waals surface area contributed by atoms with Gasteiger partial charge in [-0.1, -0.05) is 30.3 Å². The molecular formula is C28H35N5O6S. The van der Waals surface area contributed by atoms with Gasteiger partial charge in [0.15, 0.2) is 0 Å². The molecule has 0 aliphatic heterocycles. The van der Waals surface area contributed by atoms with Crippen LogP contribution in [0.2, 0.25) is 0 Å². The molecule has 0 saturated carbocycles. The molecule has 12 heteroatoms. The summed E-state index contributed by atoms with van der Waals surface area (Å²) in [5, 5.41) is 27.5.